The van der Waals surface area contributed by atoms with Gasteiger partial charge in [0.05, 0.1) is 23.7 Å². The molecule has 0 amide bonds. The van der Waals surface area contributed by atoms with Gasteiger partial charge >= 0.3 is 5.97 Å². The maximum atomic E-state index is 11.6. The number of esters is 1. The fourth-order valence-corrected chi connectivity index (χ4v) is 1.98. The Hall–Kier alpha value is -2.96. The van der Waals surface area contributed by atoms with Gasteiger partial charge in [-0.2, -0.15) is 19.7 Å². The minimum atomic E-state index is -0.577. The van der Waals surface area contributed by atoms with Crippen LogP contribution in [0.2, 0.25) is 0 Å². The summed E-state index contributed by atoms with van der Waals surface area (Å²) in [4.78, 5) is 22.1. The van der Waals surface area contributed by atoms with Gasteiger partial charge in [0.1, 0.15) is 12.4 Å². The predicted molar refractivity (Wildman–Crippen MR) is 83.1 cm³/mol. The number of carbonyl (C=O) groups is 1. The topological polar surface area (TPSA) is 87.9 Å². The third kappa shape index (κ3) is 5.74. The molecule has 0 fully saturated rings. The van der Waals surface area contributed by atoms with E-state index in [1.165, 1.54) is 19.2 Å². The first kappa shape index (κ1) is 20.0. The zero-order valence-corrected chi connectivity index (χ0v) is 20.2. The van der Waals surface area contributed by atoms with E-state index in [9.17, 15) is 14.9 Å². The minimum Gasteiger partial charge on any atom is -0.663 e. The predicted octanol–water partition coefficient (Wildman–Crippen LogP) is 2.92. The summed E-state index contributed by atoms with van der Waals surface area (Å²) in [6.45, 7) is -0.205. The number of methoxy groups -OCH3 is 1. The van der Waals surface area contributed by atoms with Gasteiger partial charge in [0.2, 0.25) is 0 Å². The molecular formula is C14H18NO6RfS-. The maximum Gasteiger partial charge on any atom is 0.306 e. The molecule has 0 aliphatic rings. The number of carbonyl (C=O) groups excluding carboxylic acids is 1. The van der Waals surface area contributed by atoms with E-state index in [1.807, 2.05) is 0 Å². The summed E-state index contributed by atoms with van der Waals surface area (Å²) in [7, 11) is 4.62. The second-order valence-electron chi connectivity index (χ2n) is 4.37. The van der Waals surface area contributed by atoms with E-state index in [0.717, 1.165) is 6.42 Å². The first-order valence-corrected chi connectivity index (χ1v) is 7.20. The summed E-state index contributed by atoms with van der Waals surface area (Å²) in [5.74, 6) is 0.704. The monoisotopic (exact) mass is 595 g/mol. The molecule has 0 N–H and O–H groups in total. The van der Waals surface area contributed by atoms with Crippen LogP contribution in [0.3, 0.4) is 0 Å². The fourth-order valence-electron chi connectivity index (χ4n) is 1.76. The second kappa shape index (κ2) is 9.88. The molecule has 0 bridgehead atoms. The Bertz CT molecular complexity index is 540. The Morgan fingerprint density at radius 3 is 2.57 bits per heavy atom. The molecule has 0 spiro atoms. The van der Waals surface area contributed by atoms with E-state index in [2.05, 4.69) is 19.7 Å². The van der Waals surface area contributed by atoms with Crippen LogP contribution in [-0.4, -0.2) is 23.8 Å². The Labute approximate surface area is 134 Å². The van der Waals surface area contributed by atoms with Crippen molar-refractivity contribution in [2.75, 3.05) is 12.9 Å². The Kier molecular flexibility index (Phi) is 8.61. The van der Waals surface area contributed by atoms with Gasteiger partial charge in [-0.1, -0.05) is 0 Å². The number of hydrogen-bond acceptors (Lipinski definition) is 7. The molecule has 124 valence electrons. The van der Waals surface area contributed by atoms with Crippen molar-refractivity contribution in [2.45, 2.75) is 25.9 Å². The molecule has 0 aromatic heterocycles. The van der Waals surface area contributed by atoms with E-state index in [4.69, 9.17) is 14.2 Å². The van der Waals surface area contributed by atoms with E-state index >= 15 is 0 Å². The molecule has 0 unspecified atom stereocenters. The summed E-state index contributed by atoms with van der Waals surface area (Å²) in [5.41, 5.74) is 0.00723. The summed E-state index contributed by atoms with van der Waals surface area (Å²) in [6, 6.07) is 2.59. The van der Waals surface area contributed by atoms with Gasteiger partial charge in [0.25, 0.3) is 5.69 Å². The number of rotatable bonds is 9. The van der Waals surface area contributed by atoms with Gasteiger partial charge in [-0.05, 0) is 24.7 Å². The number of thiol groups is 1. The minimum absolute atomic E-state index is 0. The molecule has 9 heteroatoms. The summed E-state index contributed by atoms with van der Waals surface area (Å²) in [5, 5.41) is 11.1. The van der Waals surface area contributed by atoms with Crippen molar-refractivity contribution in [3.05, 3.63) is 34.9 Å². The smallest absolute Gasteiger partial charge is 0.306 e. The largest absolute Gasteiger partial charge is 0.663 e. The van der Waals surface area contributed by atoms with Crippen molar-refractivity contribution in [2.24, 2.45) is 0 Å². The van der Waals surface area contributed by atoms with E-state index in [0.29, 0.717) is 12.2 Å². The molecule has 0 atom stereocenters. The third-order valence-electron chi connectivity index (χ3n) is 2.89. The molecule has 0 saturated carbocycles. The molecular weight excluding hydrogens is 577 g/mol. The molecule has 0 heterocycles. The normalized spacial score (nSPS) is 9.70. The van der Waals surface area contributed by atoms with Gasteiger partial charge in [-0.3, -0.25) is 14.9 Å². The number of unbranched alkanes of at least 4 members (excludes halogenated alkanes) is 1. The van der Waals surface area contributed by atoms with Crippen LogP contribution >= 0.6 is 12.6 Å². The second-order valence-corrected chi connectivity index (χ2v) is 4.82. The summed E-state index contributed by atoms with van der Waals surface area (Å²) < 4.78 is 14.9. The fraction of sp³-hybridized carbons (Fsp3) is 0.429. The van der Waals surface area contributed by atoms with Crippen molar-refractivity contribution in [3.63, 3.8) is 0 Å². The van der Waals surface area contributed by atoms with Crippen LogP contribution in [0.4, 0.5) is 5.69 Å². The number of ether oxygens (including phenoxy) is 3. The third-order valence-corrected chi connectivity index (χ3v) is 3.21. The molecule has 1 rings (SSSR count). The van der Waals surface area contributed by atoms with Gasteiger partial charge in [-0.25, -0.2) is 0 Å². The van der Waals surface area contributed by atoms with Crippen molar-refractivity contribution in [1.29, 1.82) is 0 Å². The summed E-state index contributed by atoms with van der Waals surface area (Å²) in [6.07, 6.45) is 1.73. The molecule has 1 aromatic rings. The van der Waals surface area contributed by atoms with Crippen LogP contribution in [0.1, 0.15) is 24.8 Å². The van der Waals surface area contributed by atoms with Crippen molar-refractivity contribution in [1.82, 2.24) is 0 Å². The molecule has 1 aromatic carbocycles. The van der Waals surface area contributed by atoms with E-state index < -0.39 is 10.9 Å². The van der Waals surface area contributed by atoms with Gasteiger partial charge in [0, 0.05) is 6.42 Å². The molecule has 0 radical (unpaired) electrons. The van der Waals surface area contributed by atoms with Crippen LogP contribution in [0, 0.1) is 17.2 Å². The van der Waals surface area contributed by atoms with Crippen LogP contribution < -0.4 is 9.47 Å². The maximum absolute atomic E-state index is 11.6. The van der Waals surface area contributed by atoms with E-state index in [-0.39, 0.29) is 35.8 Å². The molecule has 0 aliphatic carbocycles. The van der Waals surface area contributed by atoms with Crippen LogP contribution in [0.15, 0.2) is 12.1 Å². The Morgan fingerprint density at radius 2 is 2.04 bits per heavy atom. The zero-order chi connectivity index (χ0) is 16.5. The number of hydrogen-bond donors (Lipinski definition) is 1. The Balaban J connectivity index is 0.00000484. The molecule has 23 heavy (non-hydrogen) atoms. The Morgan fingerprint density at radius 1 is 1.35 bits per heavy atom. The van der Waals surface area contributed by atoms with Gasteiger partial charge in [-0.15, -0.1) is 0 Å². The zero-order valence-electron chi connectivity index (χ0n) is 12.9. The van der Waals surface area contributed by atoms with Gasteiger partial charge in [0.15, 0.2) is 5.75 Å². The molecule has 7 nitrogen and oxygen atoms in total. The number of nitro benzene ring substituents is 1. The average Bonchev–Trinajstić information content (AvgIpc) is 2.52. The van der Waals surface area contributed by atoms with Crippen LogP contribution in [0.5, 0.6) is 11.5 Å². The van der Waals surface area contributed by atoms with Crippen LogP contribution in [-0.2, 0) is 16.1 Å². The van der Waals surface area contributed by atoms with Crippen LogP contribution in [0.25, 0.3) is 0 Å². The number of nitrogens with zero attached hydrogens (tertiary/aromatic N) is 1. The van der Waals surface area contributed by atoms with Crippen molar-refractivity contribution in [3.8, 4) is 11.5 Å². The van der Waals surface area contributed by atoms with Gasteiger partial charge < -0.3 is 14.2 Å². The number of benzene rings is 1. The number of nitro groups is 1. The summed E-state index contributed by atoms with van der Waals surface area (Å²) >= 11 is 4.05. The SMILES string of the molecule is [CH2-]Oc1cc([N+](=O)[O-])c(COC(=O)CCCCS)cc1OC.[Rf]. The quantitative estimate of drug-likeness (QED) is 0.118. The van der Waals surface area contributed by atoms with Crippen molar-refractivity contribution < 1.29 is 23.9 Å². The molecule has 0 aliphatic heterocycles. The average molecular weight is 595 g/mol. The molecule has 0 saturated heterocycles. The standard InChI is InChI=1S/C14H18NO6S.Rf/c1-19-12-7-10(9-21-14(16)5-3-4-6-22)11(15(17)18)8-13(12)20-2;/h7-8,22H,2-6,9H2,1H3;/q-1;. The first-order valence-electron chi connectivity index (χ1n) is 6.57. The first-order chi connectivity index (χ1) is 10.5. The van der Waals surface area contributed by atoms with Crippen molar-refractivity contribution >= 4 is 24.3 Å². The van der Waals surface area contributed by atoms with E-state index in [1.54, 1.807) is 0 Å².